The van der Waals surface area contributed by atoms with Gasteiger partial charge in [0.1, 0.15) is 24.3 Å². The number of cyclic esters (lactones) is 1. The van der Waals surface area contributed by atoms with E-state index in [1.54, 1.807) is 42.5 Å². The molecule has 7 heteroatoms. The van der Waals surface area contributed by atoms with E-state index >= 15 is 0 Å². The lowest BCUT2D eigenvalue weighted by Crippen LogP contribution is -2.31. The minimum absolute atomic E-state index is 0.00130. The summed E-state index contributed by atoms with van der Waals surface area (Å²) >= 11 is 12.3. The van der Waals surface area contributed by atoms with Gasteiger partial charge in [0.25, 0.3) is 0 Å². The second-order valence-corrected chi connectivity index (χ2v) is 7.00. The molecule has 0 bridgehead atoms. The molecule has 1 saturated heterocycles. The topological polar surface area (TPSA) is 55.8 Å². The summed E-state index contributed by atoms with van der Waals surface area (Å²) in [7, 11) is 0. The largest absolute Gasteiger partial charge is 0.488 e. The molecule has 3 rings (SSSR count). The number of halogens is 3. The van der Waals surface area contributed by atoms with Crippen LogP contribution in [0.5, 0.6) is 5.75 Å². The van der Waals surface area contributed by atoms with Crippen molar-refractivity contribution < 1.29 is 23.8 Å². The summed E-state index contributed by atoms with van der Waals surface area (Å²) in [6, 6.07) is 9.43. The molecule has 4 nitrogen and oxygen atoms in total. The average Bonchev–Trinajstić information content (AvgIpc) is 2.59. The van der Waals surface area contributed by atoms with Crippen molar-refractivity contribution in [3.63, 3.8) is 0 Å². The lowest BCUT2D eigenvalue weighted by Gasteiger charge is -2.23. The van der Waals surface area contributed by atoms with Gasteiger partial charge in [-0.3, -0.25) is 4.79 Å². The molecule has 1 aliphatic rings. The standard InChI is InChI=1S/C20H17Cl2FO4/c21-13-7-17(22)16(6-5-15-9-14(24)10-20(25)27-15)19(8-13)26-11-12-3-1-2-4-18(12)23/h1-8,14-15,24H,9-11H2/b6-5+/t14-,15-/m1/s1. The third kappa shape index (κ3) is 5.22. The molecule has 2 aromatic rings. The second-order valence-electron chi connectivity index (χ2n) is 6.16. The van der Waals surface area contributed by atoms with E-state index in [0.717, 1.165) is 0 Å². The smallest absolute Gasteiger partial charge is 0.309 e. The molecule has 0 radical (unpaired) electrons. The van der Waals surface area contributed by atoms with E-state index in [1.165, 1.54) is 6.07 Å². The molecule has 0 amide bonds. The van der Waals surface area contributed by atoms with Crippen molar-refractivity contribution in [1.29, 1.82) is 0 Å². The van der Waals surface area contributed by atoms with Crippen LogP contribution in [0.2, 0.25) is 10.0 Å². The number of aliphatic hydroxyl groups is 1. The highest BCUT2D eigenvalue weighted by molar-refractivity contribution is 6.35. The Kier molecular flexibility index (Phi) is 6.37. The van der Waals surface area contributed by atoms with Crippen molar-refractivity contribution in [2.24, 2.45) is 0 Å². The highest BCUT2D eigenvalue weighted by Gasteiger charge is 2.25. The van der Waals surface area contributed by atoms with Gasteiger partial charge in [0, 0.05) is 22.6 Å². The highest BCUT2D eigenvalue weighted by Crippen LogP contribution is 2.33. The summed E-state index contributed by atoms with van der Waals surface area (Å²) < 4.78 is 24.7. The SMILES string of the molecule is O=C1C[C@H](O)C[C@@H](/C=C/c2c(Cl)cc(Cl)cc2OCc2ccccc2F)O1. The molecule has 0 aliphatic carbocycles. The molecule has 1 N–H and O–H groups in total. The Morgan fingerprint density at radius 1 is 1.30 bits per heavy atom. The van der Waals surface area contributed by atoms with Crippen molar-refractivity contribution in [2.45, 2.75) is 31.7 Å². The van der Waals surface area contributed by atoms with Gasteiger partial charge in [0.2, 0.25) is 0 Å². The average molecular weight is 411 g/mol. The Morgan fingerprint density at radius 2 is 2.07 bits per heavy atom. The van der Waals surface area contributed by atoms with Gasteiger partial charge in [-0.05, 0) is 24.3 Å². The summed E-state index contributed by atoms with van der Waals surface area (Å²) in [6.45, 7) is 0.00130. The van der Waals surface area contributed by atoms with Crippen LogP contribution in [0.3, 0.4) is 0 Å². The fourth-order valence-corrected chi connectivity index (χ4v) is 3.28. The molecule has 142 valence electrons. The van der Waals surface area contributed by atoms with Gasteiger partial charge in [-0.25, -0.2) is 4.39 Å². The van der Waals surface area contributed by atoms with Gasteiger partial charge in [-0.15, -0.1) is 0 Å². The molecule has 0 spiro atoms. The first-order valence-electron chi connectivity index (χ1n) is 8.33. The quantitative estimate of drug-likeness (QED) is 0.719. The predicted octanol–water partition coefficient (Wildman–Crippen LogP) is 4.79. The number of esters is 1. The third-order valence-corrected chi connectivity index (χ3v) is 4.60. The molecule has 0 unspecified atom stereocenters. The van der Waals surface area contributed by atoms with Crippen molar-refractivity contribution in [3.05, 3.63) is 69.5 Å². The van der Waals surface area contributed by atoms with E-state index in [1.807, 2.05) is 0 Å². The summed E-state index contributed by atoms with van der Waals surface area (Å²) in [6.07, 6.45) is 2.27. The molecule has 27 heavy (non-hydrogen) atoms. The Morgan fingerprint density at radius 3 is 2.81 bits per heavy atom. The first kappa shape index (κ1) is 19.7. The van der Waals surface area contributed by atoms with Gasteiger partial charge in [-0.1, -0.05) is 47.5 Å². The number of hydrogen-bond acceptors (Lipinski definition) is 4. The maximum Gasteiger partial charge on any atom is 0.309 e. The van der Waals surface area contributed by atoms with Crippen molar-refractivity contribution in [1.82, 2.24) is 0 Å². The lowest BCUT2D eigenvalue weighted by molar-refractivity contribution is -0.156. The van der Waals surface area contributed by atoms with Crippen LogP contribution in [0.1, 0.15) is 24.0 Å². The lowest BCUT2D eigenvalue weighted by atomic mass is 10.0. The van der Waals surface area contributed by atoms with Gasteiger partial charge in [0.05, 0.1) is 17.5 Å². The van der Waals surface area contributed by atoms with E-state index < -0.39 is 18.2 Å². The summed E-state index contributed by atoms with van der Waals surface area (Å²) in [5.74, 6) is -0.456. The molecule has 1 aliphatic heterocycles. The Bertz CT molecular complexity index is 869. The number of hydrogen-bond donors (Lipinski definition) is 1. The maximum atomic E-state index is 13.8. The zero-order valence-electron chi connectivity index (χ0n) is 14.2. The van der Waals surface area contributed by atoms with Gasteiger partial charge in [0.15, 0.2) is 0 Å². The van der Waals surface area contributed by atoms with Crippen LogP contribution in [0, 0.1) is 5.82 Å². The molecule has 0 aromatic heterocycles. The zero-order valence-corrected chi connectivity index (χ0v) is 15.7. The number of carbonyl (C=O) groups is 1. The van der Waals surface area contributed by atoms with Crippen molar-refractivity contribution >= 4 is 35.2 Å². The molecule has 1 fully saturated rings. The van der Waals surface area contributed by atoms with Crippen LogP contribution >= 0.6 is 23.2 Å². The predicted molar refractivity (Wildman–Crippen MR) is 101 cm³/mol. The van der Waals surface area contributed by atoms with Crippen LogP contribution in [0.15, 0.2) is 42.5 Å². The molecular weight excluding hydrogens is 394 g/mol. The molecular formula is C20H17Cl2FO4. The van der Waals surface area contributed by atoms with Crippen molar-refractivity contribution in [3.8, 4) is 5.75 Å². The van der Waals surface area contributed by atoms with Crippen LogP contribution in [-0.4, -0.2) is 23.3 Å². The highest BCUT2D eigenvalue weighted by atomic mass is 35.5. The maximum absolute atomic E-state index is 13.8. The summed E-state index contributed by atoms with van der Waals surface area (Å²) in [4.78, 5) is 11.4. The summed E-state index contributed by atoms with van der Waals surface area (Å²) in [5.41, 5.74) is 0.918. The van der Waals surface area contributed by atoms with Gasteiger partial charge < -0.3 is 14.6 Å². The Labute approximate surface area is 166 Å². The van der Waals surface area contributed by atoms with Crippen LogP contribution in [0.25, 0.3) is 6.08 Å². The van der Waals surface area contributed by atoms with Crippen LogP contribution < -0.4 is 4.74 Å². The van der Waals surface area contributed by atoms with E-state index in [-0.39, 0.29) is 18.8 Å². The molecule has 1 heterocycles. The minimum Gasteiger partial charge on any atom is -0.488 e. The number of benzene rings is 2. The van der Waals surface area contributed by atoms with E-state index in [4.69, 9.17) is 32.7 Å². The number of rotatable bonds is 5. The third-order valence-electron chi connectivity index (χ3n) is 4.06. The molecule has 2 aromatic carbocycles. The van der Waals surface area contributed by atoms with Crippen LogP contribution in [-0.2, 0) is 16.1 Å². The van der Waals surface area contributed by atoms with E-state index in [9.17, 15) is 14.3 Å². The van der Waals surface area contributed by atoms with Gasteiger partial charge in [-0.2, -0.15) is 0 Å². The van der Waals surface area contributed by atoms with E-state index in [2.05, 4.69) is 0 Å². The Hall–Kier alpha value is -2.08. The van der Waals surface area contributed by atoms with E-state index in [0.29, 0.717) is 33.3 Å². The number of ether oxygens (including phenoxy) is 2. The fraction of sp³-hybridized carbons (Fsp3) is 0.250. The van der Waals surface area contributed by atoms with Gasteiger partial charge >= 0.3 is 5.97 Å². The zero-order chi connectivity index (χ0) is 19.4. The van der Waals surface area contributed by atoms with Crippen LogP contribution in [0.4, 0.5) is 4.39 Å². The molecule has 2 atom stereocenters. The molecule has 0 saturated carbocycles. The van der Waals surface area contributed by atoms with Crippen molar-refractivity contribution in [2.75, 3.05) is 0 Å². The monoisotopic (exact) mass is 410 g/mol. The number of carbonyl (C=O) groups excluding carboxylic acids is 1. The second kappa shape index (κ2) is 8.74. The number of aliphatic hydroxyl groups excluding tert-OH is 1. The first-order chi connectivity index (χ1) is 12.9. The Balaban J connectivity index is 1.81. The fourth-order valence-electron chi connectivity index (χ4n) is 2.74. The minimum atomic E-state index is -0.738. The first-order valence-corrected chi connectivity index (χ1v) is 9.09. The summed E-state index contributed by atoms with van der Waals surface area (Å²) in [5, 5.41) is 10.4. The normalized spacial score (nSPS) is 19.9.